The van der Waals surface area contributed by atoms with Gasteiger partial charge >= 0.3 is 0 Å². The Labute approximate surface area is 122 Å². The fraction of sp³-hybridized carbons (Fsp3) is 0.214. The molecule has 0 spiro atoms. The molecule has 1 amide bonds. The number of aromatic nitrogens is 2. The lowest BCUT2D eigenvalue weighted by molar-refractivity contribution is -0.120. The van der Waals surface area contributed by atoms with Crippen LogP contribution < -0.4 is 11.3 Å². The summed E-state index contributed by atoms with van der Waals surface area (Å²) in [6.45, 7) is 1.95. The molecule has 0 fully saturated rings. The van der Waals surface area contributed by atoms with Gasteiger partial charge in [0.15, 0.2) is 5.16 Å². The SMILES string of the molecule is Cc1cnc(SCc2ccccc2CC(=O)NN)nc1. The van der Waals surface area contributed by atoms with Crippen LogP contribution >= 0.6 is 11.8 Å². The molecule has 1 aromatic carbocycles. The minimum Gasteiger partial charge on any atom is -0.294 e. The van der Waals surface area contributed by atoms with Crippen molar-refractivity contribution in [2.75, 3.05) is 0 Å². The molecule has 0 aliphatic rings. The van der Waals surface area contributed by atoms with Gasteiger partial charge in [-0.3, -0.25) is 10.2 Å². The smallest absolute Gasteiger partial charge is 0.238 e. The van der Waals surface area contributed by atoms with Gasteiger partial charge < -0.3 is 0 Å². The lowest BCUT2D eigenvalue weighted by atomic mass is 10.1. The molecular formula is C14H16N4OS. The molecule has 5 nitrogen and oxygen atoms in total. The van der Waals surface area contributed by atoms with Crippen molar-refractivity contribution in [1.29, 1.82) is 0 Å². The summed E-state index contributed by atoms with van der Waals surface area (Å²) in [5.74, 6) is 5.64. The highest BCUT2D eigenvalue weighted by molar-refractivity contribution is 7.98. The van der Waals surface area contributed by atoms with E-state index in [-0.39, 0.29) is 12.3 Å². The summed E-state index contributed by atoms with van der Waals surface area (Å²) < 4.78 is 0. The van der Waals surface area contributed by atoms with Gasteiger partial charge in [0.1, 0.15) is 0 Å². The molecule has 1 heterocycles. The van der Waals surface area contributed by atoms with E-state index in [0.29, 0.717) is 0 Å². The summed E-state index contributed by atoms with van der Waals surface area (Å²) in [5, 5.41) is 0.730. The van der Waals surface area contributed by atoms with Crippen LogP contribution in [-0.4, -0.2) is 15.9 Å². The minimum atomic E-state index is -0.200. The van der Waals surface area contributed by atoms with Crippen LogP contribution in [0.1, 0.15) is 16.7 Å². The molecule has 0 unspecified atom stereocenters. The van der Waals surface area contributed by atoms with Crippen molar-refractivity contribution in [3.63, 3.8) is 0 Å². The van der Waals surface area contributed by atoms with Gasteiger partial charge in [-0.25, -0.2) is 15.8 Å². The van der Waals surface area contributed by atoms with Crippen LogP contribution in [0.25, 0.3) is 0 Å². The third-order valence-electron chi connectivity index (χ3n) is 2.74. The first-order valence-electron chi connectivity index (χ1n) is 6.16. The van der Waals surface area contributed by atoms with E-state index in [1.165, 1.54) is 0 Å². The van der Waals surface area contributed by atoms with Gasteiger partial charge in [-0.1, -0.05) is 36.0 Å². The lowest BCUT2D eigenvalue weighted by Gasteiger charge is -2.08. The molecule has 3 N–H and O–H groups in total. The van der Waals surface area contributed by atoms with Crippen molar-refractivity contribution in [2.24, 2.45) is 5.84 Å². The first kappa shape index (κ1) is 14.5. The molecule has 104 valence electrons. The van der Waals surface area contributed by atoms with Crippen molar-refractivity contribution >= 4 is 17.7 Å². The first-order chi connectivity index (χ1) is 9.69. The minimum absolute atomic E-state index is 0.200. The average molecular weight is 288 g/mol. The van der Waals surface area contributed by atoms with Crippen LogP contribution in [0.15, 0.2) is 41.8 Å². The summed E-state index contributed by atoms with van der Waals surface area (Å²) >= 11 is 1.55. The highest BCUT2D eigenvalue weighted by atomic mass is 32.2. The van der Waals surface area contributed by atoms with Gasteiger partial charge in [0, 0.05) is 18.1 Å². The van der Waals surface area contributed by atoms with Crippen molar-refractivity contribution in [3.05, 3.63) is 53.3 Å². The van der Waals surface area contributed by atoms with E-state index in [4.69, 9.17) is 5.84 Å². The van der Waals surface area contributed by atoms with E-state index in [9.17, 15) is 4.79 Å². The van der Waals surface area contributed by atoms with Gasteiger partial charge in [0.05, 0.1) is 6.42 Å². The molecule has 0 radical (unpaired) electrons. The van der Waals surface area contributed by atoms with Crippen molar-refractivity contribution < 1.29 is 4.79 Å². The van der Waals surface area contributed by atoms with E-state index in [1.807, 2.05) is 31.2 Å². The average Bonchev–Trinajstić information content (AvgIpc) is 2.48. The topological polar surface area (TPSA) is 80.9 Å². The van der Waals surface area contributed by atoms with Gasteiger partial charge in [-0.2, -0.15) is 0 Å². The van der Waals surface area contributed by atoms with Crippen LogP contribution in [0.2, 0.25) is 0 Å². The zero-order valence-electron chi connectivity index (χ0n) is 11.2. The van der Waals surface area contributed by atoms with E-state index < -0.39 is 0 Å². The maximum Gasteiger partial charge on any atom is 0.238 e. The highest BCUT2D eigenvalue weighted by Crippen LogP contribution is 2.21. The second kappa shape index (κ2) is 7.02. The Hall–Kier alpha value is -1.92. The van der Waals surface area contributed by atoms with Crippen molar-refractivity contribution in [2.45, 2.75) is 24.3 Å². The fourth-order valence-electron chi connectivity index (χ4n) is 1.69. The second-order valence-electron chi connectivity index (χ2n) is 4.34. The summed E-state index contributed by atoms with van der Waals surface area (Å²) in [5.41, 5.74) is 5.24. The van der Waals surface area contributed by atoms with Crippen LogP contribution in [0.3, 0.4) is 0 Å². The molecule has 0 aliphatic heterocycles. The monoisotopic (exact) mass is 288 g/mol. The Bertz CT molecular complexity index is 586. The molecule has 0 saturated carbocycles. The molecule has 0 bridgehead atoms. The number of carbonyl (C=O) groups excluding carboxylic acids is 1. The number of nitrogens with one attached hydrogen (secondary N) is 1. The molecule has 6 heteroatoms. The fourth-order valence-corrected chi connectivity index (χ4v) is 2.51. The molecule has 2 rings (SSSR count). The Morgan fingerprint density at radius 3 is 2.55 bits per heavy atom. The maximum absolute atomic E-state index is 11.4. The third kappa shape index (κ3) is 4.04. The maximum atomic E-state index is 11.4. The Morgan fingerprint density at radius 1 is 1.25 bits per heavy atom. The van der Waals surface area contributed by atoms with E-state index >= 15 is 0 Å². The molecule has 0 saturated heterocycles. The molecular weight excluding hydrogens is 272 g/mol. The lowest BCUT2D eigenvalue weighted by Crippen LogP contribution is -2.31. The number of aryl methyl sites for hydroxylation is 1. The zero-order valence-corrected chi connectivity index (χ0v) is 12.0. The van der Waals surface area contributed by atoms with Crippen LogP contribution in [0.4, 0.5) is 0 Å². The number of hydrogen-bond donors (Lipinski definition) is 2. The molecule has 2 aromatic rings. The number of nitrogens with two attached hydrogens (primary N) is 1. The number of carbonyl (C=O) groups is 1. The summed E-state index contributed by atoms with van der Waals surface area (Å²) in [6, 6.07) is 7.80. The number of hydrazine groups is 1. The van der Waals surface area contributed by atoms with Crippen molar-refractivity contribution in [1.82, 2.24) is 15.4 Å². The number of hydrogen-bond acceptors (Lipinski definition) is 5. The number of nitrogens with zero attached hydrogens (tertiary/aromatic N) is 2. The van der Waals surface area contributed by atoms with E-state index in [1.54, 1.807) is 24.2 Å². The number of benzene rings is 1. The second-order valence-corrected chi connectivity index (χ2v) is 5.29. The predicted molar refractivity (Wildman–Crippen MR) is 78.8 cm³/mol. The summed E-state index contributed by atoms with van der Waals surface area (Å²) in [7, 11) is 0. The summed E-state index contributed by atoms with van der Waals surface area (Å²) in [6.07, 6.45) is 3.87. The zero-order chi connectivity index (χ0) is 14.4. The highest BCUT2D eigenvalue weighted by Gasteiger charge is 2.07. The Kier molecular flexibility index (Phi) is 5.09. The van der Waals surface area contributed by atoms with Crippen molar-refractivity contribution in [3.8, 4) is 0 Å². The van der Waals surface area contributed by atoms with E-state index in [0.717, 1.165) is 27.6 Å². The summed E-state index contributed by atoms with van der Waals surface area (Å²) in [4.78, 5) is 19.9. The Morgan fingerprint density at radius 2 is 1.90 bits per heavy atom. The Balaban J connectivity index is 2.05. The van der Waals surface area contributed by atoms with Crippen LogP contribution in [-0.2, 0) is 17.0 Å². The molecule has 20 heavy (non-hydrogen) atoms. The van der Waals surface area contributed by atoms with Gasteiger partial charge in [0.2, 0.25) is 5.91 Å². The third-order valence-corrected chi connectivity index (χ3v) is 3.67. The largest absolute Gasteiger partial charge is 0.294 e. The molecule has 0 aliphatic carbocycles. The number of amides is 1. The molecule has 0 atom stereocenters. The predicted octanol–water partition coefficient (Wildman–Crippen LogP) is 1.61. The number of thioether (sulfide) groups is 1. The van der Waals surface area contributed by atoms with Crippen LogP contribution in [0, 0.1) is 6.92 Å². The quantitative estimate of drug-likeness (QED) is 0.287. The van der Waals surface area contributed by atoms with Gasteiger partial charge in [-0.15, -0.1) is 0 Å². The number of rotatable bonds is 5. The molecule has 1 aromatic heterocycles. The normalized spacial score (nSPS) is 10.3. The van der Waals surface area contributed by atoms with Gasteiger partial charge in [-0.05, 0) is 23.6 Å². The standard InChI is InChI=1S/C14H16N4OS/c1-10-7-16-14(17-8-10)20-9-12-5-3-2-4-11(12)6-13(19)18-15/h2-5,7-8H,6,9,15H2,1H3,(H,18,19). The van der Waals surface area contributed by atoms with E-state index in [2.05, 4.69) is 15.4 Å². The first-order valence-corrected chi connectivity index (χ1v) is 7.15. The van der Waals surface area contributed by atoms with Crippen LogP contribution in [0.5, 0.6) is 0 Å². The van der Waals surface area contributed by atoms with Gasteiger partial charge in [0.25, 0.3) is 0 Å².